The summed E-state index contributed by atoms with van der Waals surface area (Å²) in [6, 6.07) is 12.0. The highest BCUT2D eigenvalue weighted by molar-refractivity contribution is 9.10. The lowest BCUT2D eigenvalue weighted by atomic mass is 10.0. The number of carbonyl (C=O) groups is 1. The zero-order valence-corrected chi connectivity index (χ0v) is 14.9. The van der Waals surface area contributed by atoms with Gasteiger partial charge in [0.1, 0.15) is 11.6 Å². The summed E-state index contributed by atoms with van der Waals surface area (Å²) in [5, 5.41) is 0. The van der Waals surface area contributed by atoms with Crippen LogP contribution < -0.4 is 4.74 Å². The van der Waals surface area contributed by atoms with Gasteiger partial charge in [-0.3, -0.25) is 4.79 Å². The third kappa shape index (κ3) is 4.10. The van der Waals surface area contributed by atoms with Gasteiger partial charge in [-0.05, 0) is 43.2 Å². The van der Waals surface area contributed by atoms with Gasteiger partial charge in [0, 0.05) is 17.6 Å². The summed E-state index contributed by atoms with van der Waals surface area (Å²) in [7, 11) is 3.30. The van der Waals surface area contributed by atoms with E-state index in [2.05, 4.69) is 15.9 Å². The topological polar surface area (TPSA) is 29.5 Å². The van der Waals surface area contributed by atoms with Gasteiger partial charge in [-0.15, -0.1) is 0 Å². The van der Waals surface area contributed by atoms with Crippen molar-refractivity contribution >= 4 is 21.8 Å². The van der Waals surface area contributed by atoms with Crippen LogP contribution in [0.1, 0.15) is 22.8 Å². The Labute approximate surface area is 144 Å². The lowest BCUT2D eigenvalue weighted by molar-refractivity contribution is 0.0738. The van der Waals surface area contributed by atoms with Crippen LogP contribution in [-0.4, -0.2) is 31.0 Å². The second kappa shape index (κ2) is 7.59. The van der Waals surface area contributed by atoms with Gasteiger partial charge in [0.15, 0.2) is 0 Å². The van der Waals surface area contributed by atoms with E-state index in [-0.39, 0.29) is 17.5 Å². The van der Waals surface area contributed by atoms with Crippen LogP contribution in [0.4, 0.5) is 4.39 Å². The van der Waals surface area contributed by atoms with E-state index in [0.717, 1.165) is 11.3 Å². The molecule has 0 fully saturated rings. The number of likely N-dealkylation sites (N-methyl/N-ethyl adjacent to an activating group) is 1. The molecule has 0 saturated carbocycles. The molecule has 0 unspecified atom stereocenters. The summed E-state index contributed by atoms with van der Waals surface area (Å²) in [4.78, 5) is 14.1. The summed E-state index contributed by atoms with van der Waals surface area (Å²) in [5.41, 5.74) is 1.07. The molecule has 1 atom stereocenters. The fraction of sp³-hybridized carbons (Fsp3) is 0.278. The summed E-state index contributed by atoms with van der Waals surface area (Å²) >= 11 is 3.27. The largest absolute Gasteiger partial charge is 0.496 e. The van der Waals surface area contributed by atoms with Crippen LogP contribution in [0.15, 0.2) is 46.9 Å². The fourth-order valence-electron chi connectivity index (χ4n) is 2.38. The molecule has 2 aromatic rings. The Morgan fingerprint density at radius 2 is 2.00 bits per heavy atom. The minimum absolute atomic E-state index is 0.0637. The Hall–Kier alpha value is -1.88. The highest BCUT2D eigenvalue weighted by Gasteiger charge is 2.21. The first-order chi connectivity index (χ1) is 10.9. The molecule has 0 aliphatic heterocycles. The van der Waals surface area contributed by atoms with E-state index >= 15 is 0 Å². The number of hydrogen-bond acceptors (Lipinski definition) is 2. The van der Waals surface area contributed by atoms with Crippen LogP contribution in [0.5, 0.6) is 5.75 Å². The average molecular weight is 380 g/mol. The van der Waals surface area contributed by atoms with Crippen molar-refractivity contribution in [3.8, 4) is 5.75 Å². The molecule has 0 aromatic heterocycles. The van der Waals surface area contributed by atoms with E-state index in [4.69, 9.17) is 4.74 Å². The number of amides is 1. The minimum atomic E-state index is -0.519. The lowest BCUT2D eigenvalue weighted by Crippen LogP contribution is -2.37. The molecule has 0 aliphatic carbocycles. The predicted molar refractivity (Wildman–Crippen MR) is 92.4 cm³/mol. The lowest BCUT2D eigenvalue weighted by Gasteiger charge is -2.26. The molecule has 2 rings (SSSR count). The number of halogens is 2. The maximum Gasteiger partial charge on any atom is 0.256 e. The van der Waals surface area contributed by atoms with Crippen molar-refractivity contribution in [3.05, 3.63) is 63.9 Å². The molecule has 5 heteroatoms. The van der Waals surface area contributed by atoms with Gasteiger partial charge in [0.25, 0.3) is 5.91 Å². The Morgan fingerprint density at radius 3 is 2.70 bits per heavy atom. The number of ether oxygens (including phenoxy) is 1. The molecule has 0 bridgehead atoms. The van der Waals surface area contributed by atoms with Crippen molar-refractivity contribution in [1.82, 2.24) is 4.90 Å². The van der Waals surface area contributed by atoms with Gasteiger partial charge in [0.05, 0.1) is 12.7 Å². The van der Waals surface area contributed by atoms with Crippen LogP contribution in [0.25, 0.3) is 0 Å². The number of para-hydroxylation sites is 1. The number of benzene rings is 2. The van der Waals surface area contributed by atoms with E-state index in [9.17, 15) is 9.18 Å². The third-order valence-electron chi connectivity index (χ3n) is 3.85. The minimum Gasteiger partial charge on any atom is -0.496 e. The van der Waals surface area contributed by atoms with Crippen molar-refractivity contribution in [1.29, 1.82) is 0 Å². The third-order valence-corrected chi connectivity index (χ3v) is 4.34. The van der Waals surface area contributed by atoms with E-state index in [1.54, 1.807) is 25.1 Å². The van der Waals surface area contributed by atoms with Crippen LogP contribution in [-0.2, 0) is 6.42 Å². The molecule has 0 saturated heterocycles. The van der Waals surface area contributed by atoms with Gasteiger partial charge in [-0.25, -0.2) is 4.39 Å². The van der Waals surface area contributed by atoms with Crippen LogP contribution >= 0.6 is 15.9 Å². The number of nitrogens with zero attached hydrogens (tertiary/aromatic N) is 1. The monoisotopic (exact) mass is 379 g/mol. The molecule has 23 heavy (non-hydrogen) atoms. The van der Waals surface area contributed by atoms with Crippen molar-refractivity contribution in [2.75, 3.05) is 14.2 Å². The molecule has 0 spiro atoms. The second-order valence-electron chi connectivity index (χ2n) is 5.41. The quantitative estimate of drug-likeness (QED) is 0.774. The van der Waals surface area contributed by atoms with Crippen LogP contribution in [0, 0.1) is 5.82 Å². The van der Waals surface area contributed by atoms with Crippen molar-refractivity contribution < 1.29 is 13.9 Å². The highest BCUT2D eigenvalue weighted by atomic mass is 79.9. The standard InChI is InChI=1S/C18H19BrFNO2/c1-12(10-13-6-4-5-7-17(13)23-3)21(2)18(22)15-11-14(19)8-9-16(15)20/h4-9,11-12H,10H2,1-3H3/t12-/m1/s1. The van der Waals surface area contributed by atoms with Gasteiger partial charge in [-0.2, -0.15) is 0 Å². The molecule has 0 N–H and O–H groups in total. The van der Waals surface area contributed by atoms with Crippen LogP contribution in [0.2, 0.25) is 0 Å². The SMILES string of the molecule is COc1ccccc1C[C@@H](C)N(C)C(=O)c1cc(Br)ccc1F. The Morgan fingerprint density at radius 1 is 1.30 bits per heavy atom. The Kier molecular flexibility index (Phi) is 5.77. The van der Waals surface area contributed by atoms with E-state index in [1.807, 2.05) is 31.2 Å². The molecule has 3 nitrogen and oxygen atoms in total. The number of rotatable bonds is 5. The Balaban J connectivity index is 2.17. The molecule has 1 amide bonds. The molecule has 0 heterocycles. The molecular weight excluding hydrogens is 361 g/mol. The maximum absolute atomic E-state index is 13.9. The summed E-state index contributed by atoms with van der Waals surface area (Å²) < 4.78 is 19.9. The van der Waals surface area contributed by atoms with Crippen LogP contribution in [0.3, 0.4) is 0 Å². The van der Waals surface area contributed by atoms with Crippen molar-refractivity contribution in [2.24, 2.45) is 0 Å². The molecule has 2 aromatic carbocycles. The highest BCUT2D eigenvalue weighted by Crippen LogP contribution is 2.22. The van der Waals surface area contributed by atoms with Gasteiger partial charge in [0.2, 0.25) is 0 Å². The first-order valence-electron chi connectivity index (χ1n) is 7.28. The smallest absolute Gasteiger partial charge is 0.256 e. The summed E-state index contributed by atoms with van der Waals surface area (Å²) in [5.74, 6) is -0.0745. The van der Waals surface area contributed by atoms with Crippen molar-refractivity contribution in [3.63, 3.8) is 0 Å². The van der Waals surface area contributed by atoms with Crippen molar-refractivity contribution in [2.45, 2.75) is 19.4 Å². The van der Waals surface area contributed by atoms with Gasteiger partial charge < -0.3 is 9.64 Å². The predicted octanol–water partition coefficient (Wildman–Crippen LogP) is 4.30. The Bertz CT molecular complexity index is 705. The number of carbonyl (C=O) groups excluding carboxylic acids is 1. The second-order valence-corrected chi connectivity index (χ2v) is 6.32. The van der Waals surface area contributed by atoms with E-state index in [0.29, 0.717) is 10.9 Å². The zero-order chi connectivity index (χ0) is 17.0. The molecular formula is C18H19BrFNO2. The first kappa shape index (κ1) is 17.5. The number of hydrogen-bond donors (Lipinski definition) is 0. The summed E-state index contributed by atoms with van der Waals surface area (Å²) in [6.07, 6.45) is 0.627. The molecule has 122 valence electrons. The zero-order valence-electron chi connectivity index (χ0n) is 13.3. The molecule has 0 radical (unpaired) electrons. The molecule has 0 aliphatic rings. The van der Waals surface area contributed by atoms with E-state index < -0.39 is 5.82 Å². The van der Waals surface area contributed by atoms with Gasteiger partial charge >= 0.3 is 0 Å². The van der Waals surface area contributed by atoms with E-state index in [1.165, 1.54) is 12.1 Å². The van der Waals surface area contributed by atoms with Gasteiger partial charge in [-0.1, -0.05) is 34.1 Å². The summed E-state index contributed by atoms with van der Waals surface area (Å²) in [6.45, 7) is 1.93. The number of methoxy groups -OCH3 is 1. The first-order valence-corrected chi connectivity index (χ1v) is 8.07. The maximum atomic E-state index is 13.9. The average Bonchev–Trinajstić information content (AvgIpc) is 2.56. The fourth-order valence-corrected chi connectivity index (χ4v) is 2.74. The normalized spacial score (nSPS) is 11.9.